The third kappa shape index (κ3) is 4.94. The maximum atomic E-state index is 13.8. The van der Waals surface area contributed by atoms with Crippen LogP contribution in [0.5, 0.6) is 5.75 Å². The van der Waals surface area contributed by atoms with Gasteiger partial charge in [-0.3, -0.25) is 0 Å². The van der Waals surface area contributed by atoms with Crippen molar-refractivity contribution >= 4 is 5.69 Å². The summed E-state index contributed by atoms with van der Waals surface area (Å²) in [6, 6.07) is 12.9. The highest BCUT2D eigenvalue weighted by molar-refractivity contribution is 5.49. The lowest BCUT2D eigenvalue weighted by atomic mass is 10.1. The number of nitrogens with zero attached hydrogens (tertiary/aromatic N) is 1. The minimum Gasteiger partial charge on any atom is -0.497 e. The van der Waals surface area contributed by atoms with Crippen molar-refractivity contribution in [3.05, 3.63) is 59.4 Å². The zero-order chi connectivity index (χ0) is 16.7. The maximum absolute atomic E-state index is 13.8. The van der Waals surface area contributed by atoms with Crippen LogP contribution in [0.1, 0.15) is 11.1 Å². The van der Waals surface area contributed by atoms with Crippen molar-refractivity contribution in [2.45, 2.75) is 13.1 Å². The Morgan fingerprint density at radius 3 is 2.39 bits per heavy atom. The number of aliphatic hydroxyl groups excluding tert-OH is 1. The van der Waals surface area contributed by atoms with Gasteiger partial charge in [-0.05, 0) is 35.4 Å². The Labute approximate surface area is 136 Å². The summed E-state index contributed by atoms with van der Waals surface area (Å²) in [5.74, 6) is 0.559. The van der Waals surface area contributed by atoms with E-state index in [1.165, 1.54) is 6.07 Å². The van der Waals surface area contributed by atoms with E-state index >= 15 is 0 Å². The average molecular weight is 318 g/mol. The minimum absolute atomic E-state index is 0.00408. The lowest BCUT2D eigenvalue weighted by Gasteiger charge is -2.19. The van der Waals surface area contributed by atoms with Gasteiger partial charge in [0.2, 0.25) is 0 Å². The average Bonchev–Trinajstić information content (AvgIpc) is 2.57. The minimum atomic E-state index is -0.278. The summed E-state index contributed by atoms with van der Waals surface area (Å²) in [7, 11) is 3.41. The third-order valence-electron chi connectivity index (χ3n) is 3.67. The first-order chi connectivity index (χ1) is 11.1. The van der Waals surface area contributed by atoms with E-state index in [-0.39, 0.29) is 12.4 Å². The van der Waals surface area contributed by atoms with Gasteiger partial charge in [-0.1, -0.05) is 18.2 Å². The number of anilines is 1. The fraction of sp³-hybridized carbons (Fsp3) is 0.333. The molecule has 4 nitrogen and oxygen atoms in total. The van der Waals surface area contributed by atoms with E-state index in [0.717, 1.165) is 23.4 Å². The van der Waals surface area contributed by atoms with Crippen molar-refractivity contribution in [3.63, 3.8) is 0 Å². The van der Waals surface area contributed by atoms with Crippen LogP contribution in [0.2, 0.25) is 0 Å². The predicted molar refractivity (Wildman–Crippen MR) is 90.3 cm³/mol. The van der Waals surface area contributed by atoms with Crippen LogP contribution in [0.15, 0.2) is 42.5 Å². The van der Waals surface area contributed by atoms with Crippen molar-refractivity contribution in [2.24, 2.45) is 0 Å². The molecule has 0 radical (unpaired) electrons. The smallest absolute Gasteiger partial charge is 0.146 e. The van der Waals surface area contributed by atoms with E-state index in [1.54, 1.807) is 25.1 Å². The van der Waals surface area contributed by atoms with Gasteiger partial charge in [0.15, 0.2) is 0 Å². The van der Waals surface area contributed by atoms with E-state index in [1.807, 2.05) is 30.3 Å². The van der Waals surface area contributed by atoms with Gasteiger partial charge < -0.3 is 20.1 Å². The molecular formula is C18H23FN2O2. The normalized spacial score (nSPS) is 10.6. The fourth-order valence-electron chi connectivity index (χ4n) is 2.33. The number of hydrogen-bond donors (Lipinski definition) is 2. The topological polar surface area (TPSA) is 44.7 Å². The summed E-state index contributed by atoms with van der Waals surface area (Å²) in [5.41, 5.74) is 2.66. The number of nitrogens with one attached hydrogen (secondary N) is 1. The van der Waals surface area contributed by atoms with Gasteiger partial charge in [0.05, 0.1) is 19.4 Å². The summed E-state index contributed by atoms with van der Waals surface area (Å²) >= 11 is 0. The van der Waals surface area contributed by atoms with E-state index in [0.29, 0.717) is 18.8 Å². The van der Waals surface area contributed by atoms with Gasteiger partial charge in [0.1, 0.15) is 11.6 Å². The zero-order valence-electron chi connectivity index (χ0n) is 13.6. The van der Waals surface area contributed by atoms with Crippen molar-refractivity contribution < 1.29 is 14.2 Å². The molecule has 0 bridgehead atoms. The molecule has 2 aromatic rings. The van der Waals surface area contributed by atoms with Crippen LogP contribution in [0, 0.1) is 5.82 Å². The molecule has 0 amide bonds. The monoisotopic (exact) mass is 318 g/mol. The number of halogens is 1. The molecule has 0 aliphatic rings. The molecule has 0 fully saturated rings. The standard InChI is InChI=1S/C18H23FN2O2/c1-21(9-10-22)18-11-15(5-8-17(18)19)13-20-12-14-3-6-16(23-2)7-4-14/h3-8,11,20,22H,9-10,12-13H2,1-2H3. The quantitative estimate of drug-likeness (QED) is 0.785. The molecule has 0 aliphatic heterocycles. The number of rotatable bonds is 8. The van der Waals surface area contributed by atoms with Crippen LogP contribution >= 0.6 is 0 Å². The Bertz CT molecular complexity index is 617. The lowest BCUT2D eigenvalue weighted by Crippen LogP contribution is -2.22. The molecule has 0 spiro atoms. The first-order valence-corrected chi connectivity index (χ1v) is 7.58. The molecule has 23 heavy (non-hydrogen) atoms. The first-order valence-electron chi connectivity index (χ1n) is 7.58. The summed E-state index contributed by atoms with van der Waals surface area (Å²) in [6.45, 7) is 1.77. The lowest BCUT2D eigenvalue weighted by molar-refractivity contribution is 0.303. The van der Waals surface area contributed by atoms with Crippen LogP contribution in [0.25, 0.3) is 0 Å². The molecule has 0 atom stereocenters. The molecule has 2 N–H and O–H groups in total. The molecule has 2 rings (SSSR count). The van der Waals surface area contributed by atoms with Gasteiger partial charge in [0, 0.05) is 26.7 Å². The Kier molecular flexibility index (Phi) is 6.38. The van der Waals surface area contributed by atoms with Gasteiger partial charge in [0.25, 0.3) is 0 Å². The van der Waals surface area contributed by atoms with Gasteiger partial charge in [-0.2, -0.15) is 0 Å². The summed E-state index contributed by atoms with van der Waals surface area (Å²) in [6.07, 6.45) is 0. The fourth-order valence-corrected chi connectivity index (χ4v) is 2.33. The Morgan fingerprint density at radius 1 is 1.09 bits per heavy atom. The maximum Gasteiger partial charge on any atom is 0.146 e. The molecule has 2 aromatic carbocycles. The molecule has 124 valence electrons. The molecule has 0 aromatic heterocycles. The van der Waals surface area contributed by atoms with E-state index in [4.69, 9.17) is 9.84 Å². The Morgan fingerprint density at radius 2 is 1.74 bits per heavy atom. The highest BCUT2D eigenvalue weighted by Gasteiger charge is 2.08. The number of likely N-dealkylation sites (N-methyl/N-ethyl adjacent to an activating group) is 1. The van der Waals surface area contributed by atoms with Gasteiger partial charge in [-0.15, -0.1) is 0 Å². The van der Waals surface area contributed by atoms with Crippen molar-refractivity contribution in [1.82, 2.24) is 5.32 Å². The van der Waals surface area contributed by atoms with Crippen LogP contribution in [0.4, 0.5) is 10.1 Å². The van der Waals surface area contributed by atoms with Crippen LogP contribution in [-0.2, 0) is 13.1 Å². The third-order valence-corrected chi connectivity index (χ3v) is 3.67. The molecular weight excluding hydrogens is 295 g/mol. The molecule has 0 saturated carbocycles. The molecule has 0 heterocycles. The van der Waals surface area contributed by atoms with Gasteiger partial charge >= 0.3 is 0 Å². The second-order valence-corrected chi connectivity index (χ2v) is 5.38. The van der Waals surface area contributed by atoms with E-state index < -0.39 is 0 Å². The van der Waals surface area contributed by atoms with Crippen LogP contribution in [0.3, 0.4) is 0 Å². The second-order valence-electron chi connectivity index (χ2n) is 5.38. The van der Waals surface area contributed by atoms with E-state index in [2.05, 4.69) is 5.32 Å². The number of hydrogen-bond acceptors (Lipinski definition) is 4. The largest absolute Gasteiger partial charge is 0.497 e. The molecule has 5 heteroatoms. The van der Waals surface area contributed by atoms with Crippen LogP contribution in [-0.4, -0.2) is 32.4 Å². The Hall–Kier alpha value is -2.11. The highest BCUT2D eigenvalue weighted by atomic mass is 19.1. The van der Waals surface area contributed by atoms with Gasteiger partial charge in [-0.25, -0.2) is 4.39 Å². The predicted octanol–water partition coefficient (Wildman–Crippen LogP) is 2.55. The van der Waals surface area contributed by atoms with Crippen molar-refractivity contribution in [2.75, 3.05) is 32.2 Å². The number of aliphatic hydroxyl groups is 1. The SMILES string of the molecule is COc1ccc(CNCc2ccc(F)c(N(C)CCO)c2)cc1. The molecule has 0 saturated heterocycles. The van der Waals surface area contributed by atoms with Crippen molar-refractivity contribution in [3.8, 4) is 5.75 Å². The molecule has 0 aliphatic carbocycles. The second kappa shape index (κ2) is 8.50. The Balaban J connectivity index is 1.93. The summed E-state index contributed by atoms with van der Waals surface area (Å²) in [5, 5.41) is 12.3. The van der Waals surface area contributed by atoms with E-state index in [9.17, 15) is 4.39 Å². The summed E-state index contributed by atoms with van der Waals surface area (Å²) < 4.78 is 19.0. The molecule has 0 unspecified atom stereocenters. The number of benzene rings is 2. The number of methoxy groups -OCH3 is 1. The highest BCUT2D eigenvalue weighted by Crippen LogP contribution is 2.20. The number of ether oxygens (including phenoxy) is 1. The summed E-state index contributed by atoms with van der Waals surface area (Å²) in [4.78, 5) is 1.71. The zero-order valence-corrected chi connectivity index (χ0v) is 13.6. The van der Waals surface area contributed by atoms with Crippen LogP contribution < -0.4 is 15.0 Å². The first kappa shape index (κ1) is 17.2. The van der Waals surface area contributed by atoms with Crippen molar-refractivity contribution in [1.29, 1.82) is 0 Å².